The van der Waals surface area contributed by atoms with Crippen LogP contribution >= 0.6 is 11.3 Å². The molecule has 19 heavy (non-hydrogen) atoms. The first kappa shape index (κ1) is 16.6. The standard InChI is InChI=1S/C15H28N2OS/c1-11(10-18-6)17(5)12(9-16)13-7-8-14(19-13)15(2,3)4/h7-8,11-12H,9-10,16H2,1-6H3. The van der Waals surface area contributed by atoms with Crippen LogP contribution in [-0.4, -0.2) is 38.3 Å². The van der Waals surface area contributed by atoms with E-state index >= 15 is 0 Å². The molecule has 0 aliphatic heterocycles. The van der Waals surface area contributed by atoms with E-state index in [0.717, 1.165) is 6.61 Å². The zero-order valence-corrected chi connectivity index (χ0v) is 13.9. The van der Waals surface area contributed by atoms with E-state index in [1.165, 1.54) is 9.75 Å². The molecule has 0 spiro atoms. The van der Waals surface area contributed by atoms with Crippen LogP contribution in [0.1, 0.15) is 43.5 Å². The van der Waals surface area contributed by atoms with Gasteiger partial charge in [0.2, 0.25) is 0 Å². The van der Waals surface area contributed by atoms with Gasteiger partial charge in [-0.2, -0.15) is 0 Å². The molecule has 2 atom stereocenters. The van der Waals surface area contributed by atoms with Crippen LogP contribution in [0.15, 0.2) is 12.1 Å². The highest BCUT2D eigenvalue weighted by atomic mass is 32.1. The SMILES string of the molecule is COCC(C)N(C)C(CN)c1ccc(C(C)(C)C)s1. The van der Waals surface area contributed by atoms with Gasteiger partial charge in [0.05, 0.1) is 12.6 Å². The molecule has 0 saturated carbocycles. The van der Waals surface area contributed by atoms with Gasteiger partial charge in [-0.25, -0.2) is 0 Å². The molecule has 1 heterocycles. The Bertz CT molecular complexity index is 384. The first-order chi connectivity index (χ1) is 8.81. The predicted molar refractivity (Wildman–Crippen MR) is 83.9 cm³/mol. The Kier molecular flexibility index (Phi) is 5.99. The van der Waals surface area contributed by atoms with Crippen LogP contribution in [-0.2, 0) is 10.2 Å². The summed E-state index contributed by atoms with van der Waals surface area (Å²) < 4.78 is 5.24. The van der Waals surface area contributed by atoms with Crippen LogP contribution in [0.2, 0.25) is 0 Å². The summed E-state index contributed by atoms with van der Waals surface area (Å²) >= 11 is 1.87. The lowest BCUT2D eigenvalue weighted by Crippen LogP contribution is -2.39. The minimum absolute atomic E-state index is 0.207. The Morgan fingerprint density at radius 2 is 2.00 bits per heavy atom. The molecular weight excluding hydrogens is 256 g/mol. The van der Waals surface area contributed by atoms with Gasteiger partial charge in [0.1, 0.15) is 0 Å². The topological polar surface area (TPSA) is 38.5 Å². The van der Waals surface area contributed by atoms with E-state index in [9.17, 15) is 0 Å². The largest absolute Gasteiger partial charge is 0.383 e. The van der Waals surface area contributed by atoms with E-state index in [1.807, 2.05) is 11.3 Å². The molecule has 4 heteroatoms. The van der Waals surface area contributed by atoms with Crippen LogP contribution in [0, 0.1) is 0 Å². The van der Waals surface area contributed by atoms with Gasteiger partial charge < -0.3 is 10.5 Å². The van der Waals surface area contributed by atoms with Gasteiger partial charge in [0, 0.05) is 29.5 Å². The fourth-order valence-corrected chi connectivity index (χ4v) is 3.31. The third-order valence-corrected chi connectivity index (χ3v) is 5.12. The van der Waals surface area contributed by atoms with Crippen molar-refractivity contribution < 1.29 is 4.74 Å². The summed E-state index contributed by atoms with van der Waals surface area (Å²) in [6.45, 7) is 10.3. The molecule has 1 aromatic heterocycles. The number of methoxy groups -OCH3 is 1. The smallest absolute Gasteiger partial charge is 0.0615 e. The lowest BCUT2D eigenvalue weighted by molar-refractivity contribution is 0.0920. The molecule has 1 aromatic rings. The van der Waals surface area contributed by atoms with Crippen molar-refractivity contribution in [2.24, 2.45) is 5.73 Å². The molecule has 0 saturated heterocycles. The number of ether oxygens (including phenoxy) is 1. The Morgan fingerprint density at radius 3 is 2.42 bits per heavy atom. The van der Waals surface area contributed by atoms with Gasteiger partial charge in [0.25, 0.3) is 0 Å². The average molecular weight is 284 g/mol. The normalized spacial score (nSPS) is 15.8. The van der Waals surface area contributed by atoms with Crippen molar-refractivity contribution in [2.75, 3.05) is 27.3 Å². The summed E-state index contributed by atoms with van der Waals surface area (Å²) in [5.41, 5.74) is 6.19. The molecule has 0 radical (unpaired) electrons. The van der Waals surface area contributed by atoms with Gasteiger partial charge >= 0.3 is 0 Å². The maximum Gasteiger partial charge on any atom is 0.0615 e. The maximum atomic E-state index is 5.98. The first-order valence-corrected chi connectivity index (χ1v) is 7.64. The third-order valence-electron chi connectivity index (χ3n) is 3.51. The molecule has 0 aromatic carbocycles. The van der Waals surface area contributed by atoms with E-state index < -0.39 is 0 Å². The van der Waals surface area contributed by atoms with Crippen molar-refractivity contribution in [3.63, 3.8) is 0 Å². The van der Waals surface area contributed by atoms with E-state index in [2.05, 4.69) is 51.8 Å². The number of rotatable bonds is 6. The lowest BCUT2D eigenvalue weighted by Gasteiger charge is -2.31. The molecule has 2 unspecified atom stereocenters. The van der Waals surface area contributed by atoms with Gasteiger partial charge in [-0.3, -0.25) is 4.90 Å². The second-order valence-corrected chi connectivity index (χ2v) is 7.29. The van der Waals surface area contributed by atoms with Crippen molar-refractivity contribution in [2.45, 2.75) is 45.2 Å². The van der Waals surface area contributed by atoms with E-state index in [0.29, 0.717) is 12.6 Å². The number of thiophene rings is 1. The number of likely N-dealkylation sites (N-methyl/N-ethyl adjacent to an activating group) is 1. The van der Waals surface area contributed by atoms with Crippen molar-refractivity contribution in [1.82, 2.24) is 4.90 Å². The molecule has 0 amide bonds. The second kappa shape index (κ2) is 6.84. The van der Waals surface area contributed by atoms with Crippen LogP contribution in [0.5, 0.6) is 0 Å². The first-order valence-electron chi connectivity index (χ1n) is 6.82. The number of hydrogen-bond acceptors (Lipinski definition) is 4. The second-order valence-electron chi connectivity index (χ2n) is 6.17. The number of nitrogens with two attached hydrogens (primary N) is 1. The monoisotopic (exact) mass is 284 g/mol. The van der Waals surface area contributed by atoms with E-state index in [1.54, 1.807) is 7.11 Å². The minimum atomic E-state index is 0.207. The molecule has 0 aliphatic carbocycles. The fraction of sp³-hybridized carbons (Fsp3) is 0.733. The van der Waals surface area contributed by atoms with Gasteiger partial charge in [-0.15, -0.1) is 11.3 Å². The molecule has 0 fully saturated rings. The van der Waals surface area contributed by atoms with Gasteiger partial charge in [-0.1, -0.05) is 20.8 Å². The van der Waals surface area contributed by atoms with E-state index in [4.69, 9.17) is 10.5 Å². The fourth-order valence-electron chi connectivity index (χ4n) is 2.08. The van der Waals surface area contributed by atoms with Crippen molar-refractivity contribution in [1.29, 1.82) is 0 Å². The molecule has 0 aliphatic rings. The Hall–Kier alpha value is -0.420. The Morgan fingerprint density at radius 1 is 1.37 bits per heavy atom. The highest BCUT2D eigenvalue weighted by Gasteiger charge is 2.24. The van der Waals surface area contributed by atoms with Crippen LogP contribution in [0.25, 0.3) is 0 Å². The van der Waals surface area contributed by atoms with Crippen molar-refractivity contribution in [3.05, 3.63) is 21.9 Å². The van der Waals surface area contributed by atoms with Crippen LogP contribution < -0.4 is 5.73 Å². The summed E-state index contributed by atoms with van der Waals surface area (Å²) in [6.07, 6.45) is 0. The Labute approximate surface area is 121 Å². The lowest BCUT2D eigenvalue weighted by atomic mass is 9.95. The van der Waals surface area contributed by atoms with Crippen molar-refractivity contribution in [3.8, 4) is 0 Å². The zero-order valence-electron chi connectivity index (χ0n) is 13.1. The van der Waals surface area contributed by atoms with Gasteiger partial charge in [0.15, 0.2) is 0 Å². The predicted octanol–water partition coefficient (Wildman–Crippen LogP) is 3.01. The summed E-state index contributed by atoms with van der Waals surface area (Å²) in [5, 5.41) is 0. The highest BCUT2D eigenvalue weighted by Crippen LogP contribution is 2.34. The van der Waals surface area contributed by atoms with Gasteiger partial charge in [-0.05, 0) is 31.5 Å². The highest BCUT2D eigenvalue weighted by molar-refractivity contribution is 7.12. The molecule has 1 rings (SSSR count). The third kappa shape index (κ3) is 4.28. The van der Waals surface area contributed by atoms with Crippen molar-refractivity contribution >= 4 is 11.3 Å². The molecule has 3 nitrogen and oxygen atoms in total. The average Bonchev–Trinajstić information content (AvgIpc) is 2.79. The molecule has 2 N–H and O–H groups in total. The number of nitrogens with zero attached hydrogens (tertiary/aromatic N) is 1. The quantitative estimate of drug-likeness (QED) is 0.872. The summed E-state index contributed by atoms with van der Waals surface area (Å²) in [6, 6.07) is 5.08. The Balaban J connectivity index is 2.88. The molecule has 110 valence electrons. The molecule has 0 bridgehead atoms. The minimum Gasteiger partial charge on any atom is -0.383 e. The molecular formula is C15H28N2OS. The van der Waals surface area contributed by atoms with E-state index in [-0.39, 0.29) is 11.5 Å². The maximum absolute atomic E-state index is 5.98. The summed E-state index contributed by atoms with van der Waals surface area (Å²) in [7, 11) is 3.86. The summed E-state index contributed by atoms with van der Waals surface area (Å²) in [5.74, 6) is 0. The van der Waals surface area contributed by atoms with Crippen LogP contribution in [0.4, 0.5) is 0 Å². The number of hydrogen-bond donors (Lipinski definition) is 1. The zero-order chi connectivity index (χ0) is 14.6. The van der Waals surface area contributed by atoms with Crippen LogP contribution in [0.3, 0.4) is 0 Å². The summed E-state index contributed by atoms with van der Waals surface area (Å²) in [4.78, 5) is 5.06.